The number of hydrogen-bond acceptors (Lipinski definition) is 7. The van der Waals surface area contributed by atoms with Crippen LogP contribution in [0.4, 0.5) is 30.2 Å². The Morgan fingerprint density at radius 3 is 2.07 bits per heavy atom. The molecule has 0 amide bonds. The van der Waals surface area contributed by atoms with E-state index in [0.29, 0.717) is 25.3 Å². The zero-order chi connectivity index (χ0) is 31.1. The van der Waals surface area contributed by atoms with Crippen LogP contribution in [0.25, 0.3) is 0 Å². The van der Waals surface area contributed by atoms with E-state index in [1.165, 1.54) is 18.2 Å². The zero-order valence-corrected chi connectivity index (χ0v) is 23.6. The average Bonchev–Trinajstić information content (AvgIpc) is 2.93. The molecule has 1 saturated heterocycles. The van der Waals surface area contributed by atoms with Crippen molar-refractivity contribution in [1.82, 2.24) is 0 Å². The number of carbonyl (C=O) groups is 2. The first kappa shape index (κ1) is 32.1. The third-order valence-corrected chi connectivity index (χ3v) is 7.78. The van der Waals surface area contributed by atoms with E-state index in [2.05, 4.69) is 14.5 Å². The van der Waals surface area contributed by atoms with Gasteiger partial charge in [-0.2, -0.15) is 13.2 Å². The van der Waals surface area contributed by atoms with Crippen molar-refractivity contribution in [3.63, 3.8) is 0 Å². The van der Waals surface area contributed by atoms with Crippen LogP contribution in [-0.4, -0.2) is 69.5 Å². The third kappa shape index (κ3) is 8.06. The summed E-state index contributed by atoms with van der Waals surface area (Å²) in [6, 6.07) is 19.3. The molecule has 42 heavy (non-hydrogen) atoms. The van der Waals surface area contributed by atoms with Gasteiger partial charge in [-0.25, -0.2) is 18.0 Å². The number of ether oxygens (including phenoxy) is 1. The highest BCUT2D eigenvalue weighted by Gasteiger charge is 2.38. The predicted molar refractivity (Wildman–Crippen MR) is 151 cm³/mol. The van der Waals surface area contributed by atoms with Crippen LogP contribution in [0.2, 0.25) is 0 Å². The smallest absolute Gasteiger partial charge is 0.490 e. The molecule has 4 rings (SSSR count). The van der Waals surface area contributed by atoms with Gasteiger partial charge < -0.3 is 24.7 Å². The third-order valence-electron chi connectivity index (χ3n) is 6.25. The number of anilines is 3. The monoisotopic (exact) mass is 609 g/mol. The normalized spacial score (nSPS) is 13.5. The van der Waals surface area contributed by atoms with Gasteiger partial charge in [0.05, 0.1) is 28.4 Å². The first-order valence-electron chi connectivity index (χ1n) is 12.7. The van der Waals surface area contributed by atoms with Crippen molar-refractivity contribution in [2.45, 2.75) is 24.9 Å². The fraction of sp³-hybridized carbons (Fsp3) is 0.286. The standard InChI is InChI=1S/C26H29N3O5S.C2HF3O2/c1-3-34-24-10-6-5-9-23(24)29-16-14-28(15-17-29)20-12-13-22(21(18-20)26(30)31)27-35(32,33)25-11-7-4-8-19(25)2;3-2(4,5)1(6)7/h4-13,18,27H,3,14-17H2,1-2H3,(H,30,31);(H,6,7). The Morgan fingerprint density at radius 1 is 0.929 bits per heavy atom. The molecule has 3 aromatic rings. The number of nitrogens with one attached hydrogen (secondary N) is 1. The fourth-order valence-corrected chi connectivity index (χ4v) is 5.58. The molecule has 1 heterocycles. The lowest BCUT2D eigenvalue weighted by atomic mass is 10.1. The van der Waals surface area contributed by atoms with Crippen molar-refractivity contribution in [2.75, 3.05) is 47.3 Å². The van der Waals surface area contributed by atoms with E-state index in [0.717, 1.165) is 30.2 Å². The van der Waals surface area contributed by atoms with Crippen LogP contribution in [0.15, 0.2) is 71.6 Å². The highest BCUT2D eigenvalue weighted by Crippen LogP contribution is 2.31. The van der Waals surface area contributed by atoms with E-state index in [9.17, 15) is 31.5 Å². The molecule has 14 heteroatoms. The van der Waals surface area contributed by atoms with Gasteiger partial charge in [-0.05, 0) is 55.8 Å². The Balaban J connectivity index is 0.000000616. The average molecular weight is 610 g/mol. The molecule has 1 aliphatic rings. The number of carboxylic acids is 2. The summed E-state index contributed by atoms with van der Waals surface area (Å²) in [5.74, 6) is -3.10. The molecule has 3 N–H and O–H groups in total. The number of piperazine rings is 1. The SMILES string of the molecule is CCOc1ccccc1N1CCN(c2ccc(NS(=O)(=O)c3ccccc3C)c(C(=O)O)c2)CC1.O=C(O)C(F)(F)F. The van der Waals surface area contributed by atoms with Crippen molar-refractivity contribution in [1.29, 1.82) is 0 Å². The summed E-state index contributed by atoms with van der Waals surface area (Å²) in [6.07, 6.45) is -5.08. The van der Waals surface area contributed by atoms with E-state index >= 15 is 0 Å². The molecular weight excluding hydrogens is 579 g/mol. The Kier molecular flexibility index (Phi) is 10.3. The lowest BCUT2D eigenvalue weighted by molar-refractivity contribution is -0.192. The van der Waals surface area contributed by atoms with Gasteiger partial charge in [0.2, 0.25) is 0 Å². The highest BCUT2D eigenvalue weighted by atomic mass is 32.2. The largest absolute Gasteiger partial charge is 0.492 e. The molecule has 0 aromatic heterocycles. The Hall–Kier alpha value is -4.46. The number of aliphatic carboxylic acids is 1. The lowest BCUT2D eigenvalue weighted by Crippen LogP contribution is -2.46. The first-order valence-corrected chi connectivity index (χ1v) is 14.2. The molecule has 226 valence electrons. The predicted octanol–water partition coefficient (Wildman–Crippen LogP) is 4.85. The molecule has 0 saturated carbocycles. The number of aryl methyl sites for hydroxylation is 1. The van der Waals surface area contributed by atoms with Crippen molar-refractivity contribution in [3.8, 4) is 5.75 Å². The summed E-state index contributed by atoms with van der Waals surface area (Å²) in [6.45, 7) is 7.11. The summed E-state index contributed by atoms with van der Waals surface area (Å²) in [7, 11) is -3.93. The second-order valence-electron chi connectivity index (χ2n) is 9.08. The molecule has 0 bridgehead atoms. The summed E-state index contributed by atoms with van der Waals surface area (Å²) in [5, 5.41) is 16.9. The molecule has 0 radical (unpaired) electrons. The number of carboxylic acid groups (broad SMARTS) is 2. The molecule has 1 aliphatic heterocycles. The van der Waals surface area contributed by atoms with E-state index in [-0.39, 0.29) is 16.1 Å². The molecule has 10 nitrogen and oxygen atoms in total. The number of alkyl halides is 3. The maximum absolute atomic E-state index is 12.9. The maximum Gasteiger partial charge on any atom is 0.490 e. The van der Waals surface area contributed by atoms with Crippen molar-refractivity contribution in [2.24, 2.45) is 0 Å². The second-order valence-corrected chi connectivity index (χ2v) is 10.7. The van der Waals surface area contributed by atoms with E-state index in [1.54, 1.807) is 31.2 Å². The van der Waals surface area contributed by atoms with E-state index in [4.69, 9.17) is 14.6 Å². The van der Waals surface area contributed by atoms with Gasteiger partial charge in [0.15, 0.2) is 0 Å². The number of para-hydroxylation sites is 2. The first-order chi connectivity index (χ1) is 19.7. The molecule has 1 fully saturated rings. The Bertz CT molecular complexity index is 1520. The summed E-state index contributed by atoms with van der Waals surface area (Å²) in [5.41, 5.74) is 2.30. The van der Waals surface area contributed by atoms with E-state index in [1.807, 2.05) is 31.2 Å². The number of nitrogens with zero attached hydrogens (tertiary/aromatic N) is 2. The molecule has 0 spiro atoms. The Labute approximate surface area is 241 Å². The van der Waals surface area contributed by atoms with Gasteiger partial charge in [-0.1, -0.05) is 30.3 Å². The second kappa shape index (κ2) is 13.5. The molecule has 0 unspecified atom stereocenters. The maximum atomic E-state index is 12.9. The number of aromatic carboxylic acids is 1. The number of benzene rings is 3. The summed E-state index contributed by atoms with van der Waals surface area (Å²) in [4.78, 5) is 25.4. The van der Waals surface area contributed by atoms with Crippen molar-refractivity contribution < 1.29 is 46.1 Å². The number of halogens is 3. The zero-order valence-electron chi connectivity index (χ0n) is 22.8. The van der Waals surface area contributed by atoms with Crippen molar-refractivity contribution in [3.05, 3.63) is 77.9 Å². The lowest BCUT2D eigenvalue weighted by Gasteiger charge is -2.38. The fourth-order valence-electron chi connectivity index (χ4n) is 4.25. The van der Waals surface area contributed by atoms with Crippen LogP contribution in [0, 0.1) is 6.92 Å². The molecule has 3 aromatic carbocycles. The minimum absolute atomic E-state index is 0.0359. The van der Waals surface area contributed by atoms with Gasteiger partial charge in [-0.3, -0.25) is 4.72 Å². The van der Waals surface area contributed by atoms with Gasteiger partial charge in [0.25, 0.3) is 10.0 Å². The quantitative estimate of drug-likeness (QED) is 0.327. The van der Waals surface area contributed by atoms with Gasteiger partial charge in [0.1, 0.15) is 5.75 Å². The van der Waals surface area contributed by atoms with Crippen LogP contribution in [0.1, 0.15) is 22.8 Å². The van der Waals surface area contributed by atoms with Crippen LogP contribution in [0.3, 0.4) is 0 Å². The number of hydrogen-bond donors (Lipinski definition) is 3. The van der Waals surface area contributed by atoms with Crippen LogP contribution < -0.4 is 19.3 Å². The van der Waals surface area contributed by atoms with E-state index < -0.39 is 28.1 Å². The number of sulfonamides is 1. The summed E-state index contributed by atoms with van der Waals surface area (Å²) < 4.78 is 65.7. The van der Waals surface area contributed by atoms with Gasteiger partial charge in [-0.15, -0.1) is 0 Å². The van der Waals surface area contributed by atoms with Crippen LogP contribution >= 0.6 is 0 Å². The van der Waals surface area contributed by atoms with Gasteiger partial charge >= 0.3 is 18.1 Å². The van der Waals surface area contributed by atoms with Gasteiger partial charge in [0, 0.05) is 31.9 Å². The minimum atomic E-state index is -5.08. The van der Waals surface area contributed by atoms with Crippen LogP contribution in [-0.2, 0) is 14.8 Å². The molecule has 0 aliphatic carbocycles. The molecule has 0 atom stereocenters. The highest BCUT2D eigenvalue weighted by molar-refractivity contribution is 7.92. The minimum Gasteiger partial charge on any atom is -0.492 e. The Morgan fingerprint density at radius 2 is 1.50 bits per heavy atom. The number of rotatable bonds is 8. The molecular formula is C28H30F3N3O7S. The summed E-state index contributed by atoms with van der Waals surface area (Å²) >= 11 is 0. The van der Waals surface area contributed by atoms with Crippen LogP contribution in [0.5, 0.6) is 5.75 Å². The van der Waals surface area contributed by atoms with Crippen molar-refractivity contribution >= 4 is 39.0 Å². The topological polar surface area (TPSA) is 136 Å².